The zero-order chi connectivity index (χ0) is 11.5. The number of nitrogens with one attached hydrogen (secondary N) is 2. The first-order valence-corrected chi connectivity index (χ1v) is 6.88. The molecule has 0 unspecified atom stereocenters. The molecular formula is C14H21N3. The van der Waals surface area contributed by atoms with Crippen molar-refractivity contribution in [3.05, 3.63) is 23.9 Å². The molecule has 3 rings (SSSR count). The number of hydrogen-bond donors (Lipinski definition) is 2. The Morgan fingerprint density at radius 2 is 2.00 bits per heavy atom. The van der Waals surface area contributed by atoms with Gasteiger partial charge in [-0.2, -0.15) is 0 Å². The minimum Gasteiger partial charge on any atom is -0.367 e. The summed E-state index contributed by atoms with van der Waals surface area (Å²) in [6, 6.07) is 5.53. The van der Waals surface area contributed by atoms with Gasteiger partial charge in [-0.05, 0) is 43.9 Å². The van der Waals surface area contributed by atoms with E-state index in [2.05, 4.69) is 27.8 Å². The molecule has 2 aliphatic rings. The van der Waals surface area contributed by atoms with Crippen LogP contribution in [-0.4, -0.2) is 17.6 Å². The van der Waals surface area contributed by atoms with Crippen molar-refractivity contribution < 1.29 is 0 Å². The Kier molecular flexibility index (Phi) is 3.27. The zero-order valence-electron chi connectivity index (χ0n) is 10.3. The predicted octanol–water partition coefficient (Wildman–Crippen LogP) is 2.86. The Hall–Kier alpha value is -1.09. The molecule has 0 spiro atoms. The normalized spacial score (nSPS) is 25.3. The van der Waals surface area contributed by atoms with Crippen LogP contribution in [0.5, 0.6) is 0 Å². The highest BCUT2D eigenvalue weighted by molar-refractivity contribution is 5.37. The molecule has 1 aromatic rings. The minimum absolute atomic E-state index is 0.531. The van der Waals surface area contributed by atoms with Gasteiger partial charge in [-0.1, -0.05) is 18.9 Å². The van der Waals surface area contributed by atoms with E-state index in [-0.39, 0.29) is 0 Å². The number of rotatable bonds is 3. The Bertz CT molecular complexity index is 348. The first kappa shape index (κ1) is 11.0. The third-order valence-corrected chi connectivity index (χ3v) is 3.96. The highest BCUT2D eigenvalue weighted by atomic mass is 15.0. The molecule has 1 saturated heterocycles. The van der Waals surface area contributed by atoms with E-state index in [9.17, 15) is 0 Å². The largest absolute Gasteiger partial charge is 0.367 e. The second-order valence-electron chi connectivity index (χ2n) is 5.25. The number of pyridine rings is 1. The summed E-state index contributed by atoms with van der Waals surface area (Å²) in [6.07, 6.45) is 9.88. The van der Waals surface area contributed by atoms with E-state index >= 15 is 0 Å². The van der Waals surface area contributed by atoms with E-state index in [1.54, 1.807) is 0 Å². The molecule has 17 heavy (non-hydrogen) atoms. The monoisotopic (exact) mass is 231 g/mol. The third kappa shape index (κ3) is 2.60. The summed E-state index contributed by atoms with van der Waals surface area (Å²) in [7, 11) is 0. The van der Waals surface area contributed by atoms with Crippen molar-refractivity contribution in [2.45, 2.75) is 50.6 Å². The lowest BCUT2D eigenvalue weighted by Crippen LogP contribution is -2.16. The molecule has 1 aliphatic heterocycles. The molecule has 92 valence electrons. The third-order valence-electron chi connectivity index (χ3n) is 3.96. The number of anilines is 1. The van der Waals surface area contributed by atoms with Gasteiger partial charge in [0.25, 0.3) is 0 Å². The van der Waals surface area contributed by atoms with Crippen LogP contribution >= 0.6 is 0 Å². The molecule has 0 amide bonds. The van der Waals surface area contributed by atoms with Crippen LogP contribution in [0.2, 0.25) is 0 Å². The second kappa shape index (κ2) is 5.05. The van der Waals surface area contributed by atoms with Crippen LogP contribution in [0.1, 0.15) is 50.1 Å². The minimum atomic E-state index is 0.531. The molecule has 1 saturated carbocycles. The maximum absolute atomic E-state index is 4.54. The molecule has 2 fully saturated rings. The average Bonchev–Trinajstić information content (AvgIpc) is 3.01. The molecule has 3 nitrogen and oxygen atoms in total. The quantitative estimate of drug-likeness (QED) is 0.840. The van der Waals surface area contributed by atoms with Crippen LogP contribution in [0, 0.1) is 0 Å². The Morgan fingerprint density at radius 3 is 2.65 bits per heavy atom. The standard InChI is InChI=1S/C14H21N3/c1-2-5-12(4-1)17-14-8-7-11(10-16-14)13-6-3-9-15-13/h7-8,10,12-13,15H,1-6,9H2,(H,16,17)/t13-/m1/s1. The molecule has 1 aromatic heterocycles. The van der Waals surface area contributed by atoms with Crippen LogP contribution in [0.3, 0.4) is 0 Å². The van der Waals surface area contributed by atoms with Crippen molar-refractivity contribution in [1.82, 2.24) is 10.3 Å². The second-order valence-corrected chi connectivity index (χ2v) is 5.25. The van der Waals surface area contributed by atoms with Crippen molar-refractivity contribution in [3.8, 4) is 0 Å². The van der Waals surface area contributed by atoms with Gasteiger partial charge < -0.3 is 10.6 Å². The maximum atomic E-state index is 4.54. The molecule has 0 radical (unpaired) electrons. The summed E-state index contributed by atoms with van der Waals surface area (Å²) in [6.45, 7) is 1.15. The van der Waals surface area contributed by atoms with E-state index < -0.39 is 0 Å². The summed E-state index contributed by atoms with van der Waals surface area (Å²) >= 11 is 0. The van der Waals surface area contributed by atoms with Crippen LogP contribution in [0.15, 0.2) is 18.3 Å². The lowest BCUT2D eigenvalue weighted by molar-refractivity contribution is 0.645. The molecule has 0 aromatic carbocycles. The van der Waals surface area contributed by atoms with Gasteiger partial charge in [0.1, 0.15) is 5.82 Å². The Balaban J connectivity index is 1.62. The lowest BCUT2D eigenvalue weighted by Gasteiger charge is -2.14. The first-order chi connectivity index (χ1) is 8.42. The molecule has 2 N–H and O–H groups in total. The molecule has 0 bridgehead atoms. The molecule has 1 aliphatic carbocycles. The van der Waals surface area contributed by atoms with Gasteiger partial charge in [-0.3, -0.25) is 0 Å². The van der Waals surface area contributed by atoms with Crippen LogP contribution in [-0.2, 0) is 0 Å². The van der Waals surface area contributed by atoms with E-state index in [0.717, 1.165) is 12.4 Å². The number of hydrogen-bond acceptors (Lipinski definition) is 3. The van der Waals surface area contributed by atoms with Gasteiger partial charge in [0.05, 0.1) is 0 Å². The van der Waals surface area contributed by atoms with Gasteiger partial charge >= 0.3 is 0 Å². The van der Waals surface area contributed by atoms with Gasteiger partial charge in [-0.25, -0.2) is 4.98 Å². The topological polar surface area (TPSA) is 37.0 Å². The van der Waals surface area contributed by atoms with Crippen LogP contribution in [0.4, 0.5) is 5.82 Å². The van der Waals surface area contributed by atoms with Gasteiger partial charge in [0.2, 0.25) is 0 Å². The summed E-state index contributed by atoms with van der Waals surface area (Å²) in [5.41, 5.74) is 1.33. The first-order valence-electron chi connectivity index (χ1n) is 6.88. The number of nitrogens with zero attached hydrogens (tertiary/aromatic N) is 1. The van der Waals surface area contributed by atoms with E-state index in [0.29, 0.717) is 12.1 Å². The molecule has 3 heteroatoms. The van der Waals surface area contributed by atoms with Crippen molar-refractivity contribution in [1.29, 1.82) is 0 Å². The summed E-state index contributed by atoms with van der Waals surface area (Å²) < 4.78 is 0. The fraction of sp³-hybridized carbons (Fsp3) is 0.643. The van der Waals surface area contributed by atoms with E-state index in [1.165, 1.54) is 44.1 Å². The van der Waals surface area contributed by atoms with Crippen molar-refractivity contribution in [3.63, 3.8) is 0 Å². The highest BCUT2D eigenvalue weighted by Crippen LogP contribution is 2.24. The van der Waals surface area contributed by atoms with Crippen LogP contribution in [0.25, 0.3) is 0 Å². The molecular weight excluding hydrogens is 210 g/mol. The fourth-order valence-electron chi connectivity index (χ4n) is 2.95. The van der Waals surface area contributed by atoms with Crippen molar-refractivity contribution >= 4 is 5.82 Å². The fourth-order valence-corrected chi connectivity index (χ4v) is 2.95. The Labute approximate surface area is 103 Å². The maximum Gasteiger partial charge on any atom is 0.126 e. The SMILES string of the molecule is c1cc(NC2CCCC2)ncc1[C@H]1CCCN1. The highest BCUT2D eigenvalue weighted by Gasteiger charge is 2.17. The summed E-state index contributed by atoms with van der Waals surface area (Å²) in [4.78, 5) is 4.54. The molecule has 1 atom stereocenters. The van der Waals surface area contributed by atoms with Gasteiger partial charge in [0.15, 0.2) is 0 Å². The van der Waals surface area contributed by atoms with E-state index in [4.69, 9.17) is 0 Å². The summed E-state index contributed by atoms with van der Waals surface area (Å²) in [5, 5.41) is 7.03. The Morgan fingerprint density at radius 1 is 1.12 bits per heavy atom. The predicted molar refractivity (Wildman–Crippen MR) is 70.1 cm³/mol. The lowest BCUT2D eigenvalue weighted by atomic mass is 10.1. The average molecular weight is 231 g/mol. The number of aromatic nitrogens is 1. The zero-order valence-corrected chi connectivity index (χ0v) is 10.3. The van der Waals surface area contributed by atoms with Crippen molar-refractivity contribution in [2.24, 2.45) is 0 Å². The van der Waals surface area contributed by atoms with E-state index in [1.807, 2.05) is 6.20 Å². The summed E-state index contributed by atoms with van der Waals surface area (Å²) in [5.74, 6) is 1.04. The smallest absolute Gasteiger partial charge is 0.126 e. The van der Waals surface area contributed by atoms with Gasteiger partial charge in [0, 0.05) is 18.3 Å². The molecule has 2 heterocycles. The van der Waals surface area contributed by atoms with Crippen LogP contribution < -0.4 is 10.6 Å². The van der Waals surface area contributed by atoms with Gasteiger partial charge in [-0.15, -0.1) is 0 Å². The van der Waals surface area contributed by atoms with Crippen molar-refractivity contribution in [2.75, 3.05) is 11.9 Å².